The molecule has 0 unspecified atom stereocenters. The van der Waals surface area contributed by atoms with Gasteiger partial charge in [0.25, 0.3) is 0 Å². The van der Waals surface area contributed by atoms with E-state index in [-0.39, 0.29) is 11.9 Å². The monoisotopic (exact) mass is 413 g/mol. The van der Waals surface area contributed by atoms with Gasteiger partial charge < -0.3 is 10.7 Å². The minimum Gasteiger partial charge on any atom is -0.325 e. The zero-order valence-electron chi connectivity index (χ0n) is 15.7. The van der Waals surface area contributed by atoms with Gasteiger partial charge in [-0.2, -0.15) is 0 Å². The fraction of sp³-hybridized carbons (Fsp3) is 0.250. The number of anilines is 1. The minimum atomic E-state index is -0.418. The van der Waals surface area contributed by atoms with E-state index in [1.54, 1.807) is 0 Å². The molecule has 144 valence electrons. The molecular weight excluding hydrogens is 394 g/mol. The fourth-order valence-corrected chi connectivity index (χ4v) is 4.36. The highest BCUT2D eigenvalue weighted by atomic mass is 35.5. The molecule has 3 aromatic rings. The number of aryl methyl sites for hydroxylation is 3. The fourth-order valence-electron chi connectivity index (χ4n) is 3.11. The summed E-state index contributed by atoms with van der Waals surface area (Å²) in [6.45, 7) is 5.95. The SMILES string of the molecule is Cc1ccc(NC(=O)[C@H]2Sc3nnc(C)n3N[C@@H]2c2ccc(Cl)cc2)cc1C. The number of hydrogen-bond acceptors (Lipinski definition) is 5. The van der Waals surface area contributed by atoms with Crippen LogP contribution in [0.25, 0.3) is 0 Å². The van der Waals surface area contributed by atoms with E-state index in [1.165, 1.54) is 17.3 Å². The van der Waals surface area contributed by atoms with Gasteiger partial charge in [-0.3, -0.25) is 4.79 Å². The smallest absolute Gasteiger partial charge is 0.240 e. The van der Waals surface area contributed by atoms with Crippen molar-refractivity contribution in [1.82, 2.24) is 14.9 Å². The number of nitrogens with zero attached hydrogens (tertiary/aromatic N) is 3. The topological polar surface area (TPSA) is 71.8 Å². The minimum absolute atomic E-state index is 0.0902. The van der Waals surface area contributed by atoms with Crippen LogP contribution < -0.4 is 10.7 Å². The first kappa shape index (κ1) is 18.8. The van der Waals surface area contributed by atoms with E-state index in [2.05, 4.69) is 20.9 Å². The third-order valence-electron chi connectivity index (χ3n) is 4.86. The normalized spacial score (nSPS) is 18.3. The van der Waals surface area contributed by atoms with E-state index in [9.17, 15) is 4.79 Å². The van der Waals surface area contributed by atoms with Crippen molar-refractivity contribution in [1.29, 1.82) is 0 Å². The van der Waals surface area contributed by atoms with Gasteiger partial charge in [-0.1, -0.05) is 41.6 Å². The zero-order valence-corrected chi connectivity index (χ0v) is 17.3. The maximum Gasteiger partial charge on any atom is 0.240 e. The first-order valence-electron chi connectivity index (χ1n) is 8.91. The number of carbonyl (C=O) groups is 1. The van der Waals surface area contributed by atoms with Gasteiger partial charge in [-0.05, 0) is 61.7 Å². The molecule has 2 aromatic carbocycles. The molecule has 2 N–H and O–H groups in total. The maximum absolute atomic E-state index is 13.2. The van der Waals surface area contributed by atoms with Gasteiger partial charge in [-0.25, -0.2) is 4.68 Å². The Morgan fingerprint density at radius 1 is 1.11 bits per heavy atom. The van der Waals surface area contributed by atoms with E-state index < -0.39 is 5.25 Å². The summed E-state index contributed by atoms with van der Waals surface area (Å²) in [6.07, 6.45) is 0. The molecule has 2 heterocycles. The number of aromatic nitrogens is 3. The second-order valence-electron chi connectivity index (χ2n) is 6.85. The van der Waals surface area contributed by atoms with E-state index in [0.717, 1.165) is 22.6 Å². The Morgan fingerprint density at radius 2 is 1.86 bits per heavy atom. The van der Waals surface area contributed by atoms with Crippen molar-refractivity contribution in [3.8, 4) is 0 Å². The lowest BCUT2D eigenvalue weighted by atomic mass is 10.0. The van der Waals surface area contributed by atoms with Gasteiger partial charge in [0.2, 0.25) is 11.1 Å². The molecule has 1 aliphatic rings. The van der Waals surface area contributed by atoms with Crippen LogP contribution in [0.3, 0.4) is 0 Å². The Labute approximate surface area is 172 Å². The molecule has 1 aliphatic heterocycles. The molecule has 1 amide bonds. The summed E-state index contributed by atoms with van der Waals surface area (Å²) in [5, 5.41) is 12.2. The van der Waals surface area contributed by atoms with Crippen molar-refractivity contribution in [3.05, 3.63) is 70.0 Å². The van der Waals surface area contributed by atoms with E-state index in [1.807, 2.05) is 67.9 Å². The number of nitrogens with one attached hydrogen (secondary N) is 2. The maximum atomic E-state index is 13.2. The van der Waals surface area contributed by atoms with Crippen molar-refractivity contribution >= 4 is 35.0 Å². The molecule has 2 atom stereocenters. The Bertz CT molecular complexity index is 1030. The highest BCUT2D eigenvalue weighted by molar-refractivity contribution is 8.00. The van der Waals surface area contributed by atoms with Crippen molar-refractivity contribution in [3.63, 3.8) is 0 Å². The number of hydrogen-bond donors (Lipinski definition) is 2. The Balaban J connectivity index is 1.65. The van der Waals surface area contributed by atoms with Crippen LogP contribution in [0.4, 0.5) is 5.69 Å². The molecule has 4 rings (SSSR count). The van der Waals surface area contributed by atoms with Crippen molar-refractivity contribution in [2.75, 3.05) is 10.7 Å². The molecular formula is C20H20ClN5OS. The molecule has 0 fully saturated rings. The van der Waals surface area contributed by atoms with Crippen LogP contribution in [0.1, 0.15) is 28.6 Å². The molecule has 0 aliphatic carbocycles. The van der Waals surface area contributed by atoms with Crippen LogP contribution in [0.2, 0.25) is 5.02 Å². The van der Waals surface area contributed by atoms with Crippen LogP contribution in [-0.2, 0) is 4.79 Å². The largest absolute Gasteiger partial charge is 0.325 e. The lowest BCUT2D eigenvalue weighted by Gasteiger charge is -2.32. The molecule has 28 heavy (non-hydrogen) atoms. The summed E-state index contributed by atoms with van der Waals surface area (Å²) in [5.74, 6) is 0.655. The molecule has 8 heteroatoms. The zero-order chi connectivity index (χ0) is 19.8. The van der Waals surface area contributed by atoms with E-state index in [0.29, 0.717) is 10.2 Å². The summed E-state index contributed by atoms with van der Waals surface area (Å²) in [7, 11) is 0. The number of fused-ring (bicyclic) bond motifs is 1. The first-order valence-corrected chi connectivity index (χ1v) is 10.2. The highest BCUT2D eigenvalue weighted by Crippen LogP contribution is 2.37. The van der Waals surface area contributed by atoms with Crippen molar-refractivity contribution < 1.29 is 4.79 Å². The third kappa shape index (κ3) is 3.59. The number of benzene rings is 2. The van der Waals surface area contributed by atoms with Crippen LogP contribution in [0, 0.1) is 20.8 Å². The van der Waals surface area contributed by atoms with E-state index >= 15 is 0 Å². The summed E-state index contributed by atoms with van der Waals surface area (Å²) < 4.78 is 1.82. The Hall–Kier alpha value is -2.51. The van der Waals surface area contributed by atoms with Crippen LogP contribution in [0.5, 0.6) is 0 Å². The van der Waals surface area contributed by atoms with Gasteiger partial charge in [0, 0.05) is 10.7 Å². The van der Waals surface area contributed by atoms with Gasteiger partial charge in [0.1, 0.15) is 11.1 Å². The number of rotatable bonds is 3. The number of thioether (sulfide) groups is 1. The standard InChI is InChI=1S/C20H20ClN5OS/c1-11-4-9-16(10-12(11)2)22-19(27)18-17(14-5-7-15(21)8-6-14)25-26-13(3)23-24-20(26)28-18/h4-10,17-18,25H,1-3H3,(H,22,27)/t17-,18+/m1/s1. The summed E-state index contributed by atoms with van der Waals surface area (Å²) in [4.78, 5) is 13.2. The van der Waals surface area contributed by atoms with Crippen LogP contribution in [-0.4, -0.2) is 26.0 Å². The predicted molar refractivity (Wildman–Crippen MR) is 113 cm³/mol. The molecule has 0 bridgehead atoms. The van der Waals surface area contributed by atoms with Crippen molar-refractivity contribution in [2.45, 2.75) is 37.2 Å². The summed E-state index contributed by atoms with van der Waals surface area (Å²) in [6, 6.07) is 13.2. The Morgan fingerprint density at radius 3 is 2.57 bits per heavy atom. The Kier molecular flexibility index (Phi) is 5.03. The molecule has 6 nitrogen and oxygen atoms in total. The number of amides is 1. The number of halogens is 1. The highest BCUT2D eigenvalue weighted by Gasteiger charge is 2.37. The summed E-state index contributed by atoms with van der Waals surface area (Å²) >= 11 is 7.44. The second kappa shape index (κ2) is 7.48. The molecule has 1 aromatic heterocycles. The van der Waals surface area contributed by atoms with Gasteiger partial charge in [0.05, 0.1) is 6.04 Å². The van der Waals surface area contributed by atoms with Crippen LogP contribution >= 0.6 is 23.4 Å². The average Bonchev–Trinajstić information content (AvgIpc) is 3.04. The lowest BCUT2D eigenvalue weighted by molar-refractivity contribution is -0.116. The van der Waals surface area contributed by atoms with Gasteiger partial charge in [-0.15, -0.1) is 10.2 Å². The third-order valence-corrected chi connectivity index (χ3v) is 6.33. The van der Waals surface area contributed by atoms with Gasteiger partial charge >= 0.3 is 0 Å². The van der Waals surface area contributed by atoms with Crippen LogP contribution in [0.15, 0.2) is 47.6 Å². The average molecular weight is 414 g/mol. The van der Waals surface area contributed by atoms with Crippen molar-refractivity contribution in [2.24, 2.45) is 0 Å². The first-order chi connectivity index (χ1) is 13.4. The quantitative estimate of drug-likeness (QED) is 0.671. The predicted octanol–water partition coefficient (Wildman–Crippen LogP) is 4.25. The van der Waals surface area contributed by atoms with Gasteiger partial charge in [0.15, 0.2) is 0 Å². The molecule has 0 saturated heterocycles. The molecule has 0 saturated carbocycles. The summed E-state index contributed by atoms with van der Waals surface area (Å²) in [5.41, 5.74) is 7.46. The lowest BCUT2D eigenvalue weighted by Crippen LogP contribution is -2.41. The molecule has 0 spiro atoms. The number of carbonyl (C=O) groups excluding carboxylic acids is 1. The molecule has 0 radical (unpaired) electrons. The second-order valence-corrected chi connectivity index (χ2v) is 8.40. The van der Waals surface area contributed by atoms with E-state index in [4.69, 9.17) is 11.6 Å².